The maximum atomic E-state index is 12.1. The van der Waals surface area contributed by atoms with Crippen molar-refractivity contribution < 1.29 is 18.3 Å². The highest BCUT2D eigenvalue weighted by atomic mass is 35.5. The van der Waals surface area contributed by atoms with Crippen molar-refractivity contribution in [2.45, 2.75) is 6.61 Å². The number of halogens is 4. The topological polar surface area (TPSA) is 64.1 Å². The quantitative estimate of drug-likeness (QED) is 0.867. The van der Waals surface area contributed by atoms with E-state index >= 15 is 0 Å². The lowest BCUT2D eigenvalue weighted by Gasteiger charge is -2.08. The first-order chi connectivity index (χ1) is 9.97. The Hall–Kier alpha value is -1.99. The zero-order valence-corrected chi connectivity index (χ0v) is 11.7. The van der Waals surface area contributed by atoms with Crippen molar-refractivity contribution in [1.29, 1.82) is 0 Å². The molecule has 1 aromatic heterocycles. The molecular weight excluding hydrogens is 327 g/mol. The molecule has 0 unspecified atom stereocenters. The van der Waals surface area contributed by atoms with Gasteiger partial charge in [-0.25, -0.2) is 9.97 Å². The summed E-state index contributed by atoms with van der Waals surface area (Å²) in [4.78, 5) is 19.4. The number of benzene rings is 1. The number of alkyl halides is 2. The van der Waals surface area contributed by atoms with Gasteiger partial charge in [-0.15, -0.1) is 0 Å². The first-order valence-corrected chi connectivity index (χ1v) is 6.25. The Morgan fingerprint density at radius 2 is 2.05 bits per heavy atom. The third-order valence-electron chi connectivity index (χ3n) is 2.30. The van der Waals surface area contributed by atoms with Crippen LogP contribution in [0.4, 0.5) is 14.6 Å². The van der Waals surface area contributed by atoms with Crippen LogP contribution in [-0.2, 0) is 0 Å². The molecule has 1 N–H and O–H groups in total. The molecule has 0 radical (unpaired) electrons. The molecule has 2 aromatic rings. The highest BCUT2D eigenvalue weighted by Crippen LogP contribution is 2.26. The van der Waals surface area contributed by atoms with Gasteiger partial charge in [0.15, 0.2) is 11.0 Å². The summed E-state index contributed by atoms with van der Waals surface area (Å²) < 4.78 is 28.5. The van der Waals surface area contributed by atoms with Gasteiger partial charge in [0.1, 0.15) is 17.1 Å². The molecule has 1 amide bonds. The Morgan fingerprint density at radius 1 is 1.29 bits per heavy atom. The van der Waals surface area contributed by atoms with Crippen LogP contribution in [0, 0.1) is 0 Å². The Morgan fingerprint density at radius 3 is 2.76 bits per heavy atom. The zero-order chi connectivity index (χ0) is 15.4. The second kappa shape index (κ2) is 6.64. The molecular formula is C12H7Cl2F2N3O2. The zero-order valence-electron chi connectivity index (χ0n) is 10.2. The van der Waals surface area contributed by atoms with Crippen LogP contribution >= 0.6 is 23.2 Å². The van der Waals surface area contributed by atoms with E-state index < -0.39 is 12.5 Å². The molecule has 0 aliphatic rings. The molecule has 0 saturated carbocycles. The molecule has 1 heterocycles. The van der Waals surface area contributed by atoms with Crippen LogP contribution in [0.2, 0.25) is 10.2 Å². The van der Waals surface area contributed by atoms with Gasteiger partial charge < -0.3 is 10.1 Å². The number of amides is 1. The summed E-state index contributed by atoms with van der Waals surface area (Å²) in [6.45, 7) is -2.97. The first-order valence-electron chi connectivity index (χ1n) is 5.49. The summed E-state index contributed by atoms with van der Waals surface area (Å²) >= 11 is 11.5. The lowest BCUT2D eigenvalue weighted by molar-refractivity contribution is -0.0498. The number of ether oxygens (including phenoxy) is 1. The standard InChI is InChI=1S/C12H7Cl2F2N3O2/c13-8-9(14)17-5-18-10(8)19-11(20)6-2-1-3-7(4-6)21-12(15)16/h1-5,12H,(H,17,18,19,20). The van der Waals surface area contributed by atoms with E-state index in [0.29, 0.717) is 0 Å². The number of hydrogen-bond donors (Lipinski definition) is 1. The fraction of sp³-hybridized carbons (Fsp3) is 0.0833. The van der Waals surface area contributed by atoms with Crippen molar-refractivity contribution in [2.24, 2.45) is 0 Å². The minimum absolute atomic E-state index is 0.0156. The molecule has 9 heteroatoms. The van der Waals surface area contributed by atoms with Crippen LogP contribution in [0.5, 0.6) is 5.75 Å². The van der Waals surface area contributed by atoms with E-state index in [1.54, 1.807) is 0 Å². The lowest BCUT2D eigenvalue weighted by Crippen LogP contribution is -2.14. The maximum Gasteiger partial charge on any atom is 0.387 e. The molecule has 2 rings (SSSR count). The van der Waals surface area contributed by atoms with Gasteiger partial charge in [0.2, 0.25) is 0 Å². The van der Waals surface area contributed by atoms with Crippen molar-refractivity contribution in [3.63, 3.8) is 0 Å². The number of aromatic nitrogens is 2. The average molecular weight is 334 g/mol. The van der Waals surface area contributed by atoms with E-state index in [1.807, 2.05) is 0 Å². The SMILES string of the molecule is O=C(Nc1ncnc(Cl)c1Cl)c1cccc(OC(F)F)c1. The summed E-state index contributed by atoms with van der Waals surface area (Å²) in [7, 11) is 0. The number of anilines is 1. The van der Waals surface area contributed by atoms with E-state index in [0.717, 1.165) is 12.4 Å². The largest absolute Gasteiger partial charge is 0.435 e. The van der Waals surface area contributed by atoms with E-state index in [2.05, 4.69) is 20.0 Å². The predicted molar refractivity (Wildman–Crippen MR) is 73.1 cm³/mol. The van der Waals surface area contributed by atoms with Gasteiger partial charge in [0, 0.05) is 5.56 Å². The number of rotatable bonds is 4. The molecule has 0 saturated heterocycles. The van der Waals surface area contributed by atoms with Gasteiger partial charge in [0.25, 0.3) is 5.91 Å². The van der Waals surface area contributed by atoms with Gasteiger partial charge in [0.05, 0.1) is 0 Å². The normalized spacial score (nSPS) is 10.5. The number of nitrogens with one attached hydrogen (secondary N) is 1. The van der Waals surface area contributed by atoms with Gasteiger partial charge in [-0.2, -0.15) is 8.78 Å². The van der Waals surface area contributed by atoms with Gasteiger partial charge in [-0.05, 0) is 18.2 Å². The smallest absolute Gasteiger partial charge is 0.387 e. The van der Waals surface area contributed by atoms with Crippen LogP contribution < -0.4 is 10.1 Å². The minimum atomic E-state index is -2.97. The van der Waals surface area contributed by atoms with E-state index in [-0.39, 0.29) is 27.3 Å². The van der Waals surface area contributed by atoms with Crippen LogP contribution in [0.1, 0.15) is 10.4 Å². The monoisotopic (exact) mass is 333 g/mol. The molecule has 0 fully saturated rings. The first kappa shape index (κ1) is 15.4. The molecule has 0 bridgehead atoms. The Labute approximate surface area is 127 Å². The number of nitrogens with zero attached hydrogens (tertiary/aromatic N) is 2. The molecule has 0 spiro atoms. The summed E-state index contributed by atoms with van der Waals surface area (Å²) in [5.41, 5.74) is 0.0963. The lowest BCUT2D eigenvalue weighted by atomic mass is 10.2. The van der Waals surface area contributed by atoms with Gasteiger partial charge >= 0.3 is 6.61 Å². The Balaban J connectivity index is 2.18. The molecule has 21 heavy (non-hydrogen) atoms. The highest BCUT2D eigenvalue weighted by Gasteiger charge is 2.13. The Kier molecular flexibility index (Phi) is 4.87. The summed E-state index contributed by atoms with van der Waals surface area (Å²) in [6, 6.07) is 5.29. The van der Waals surface area contributed by atoms with Crippen molar-refractivity contribution in [1.82, 2.24) is 9.97 Å². The van der Waals surface area contributed by atoms with Gasteiger partial charge in [-0.1, -0.05) is 29.3 Å². The van der Waals surface area contributed by atoms with E-state index in [4.69, 9.17) is 23.2 Å². The van der Waals surface area contributed by atoms with E-state index in [1.165, 1.54) is 18.2 Å². The van der Waals surface area contributed by atoms with Crippen molar-refractivity contribution in [3.8, 4) is 5.75 Å². The average Bonchev–Trinajstić information content (AvgIpc) is 2.43. The third kappa shape index (κ3) is 3.99. The second-order valence-electron chi connectivity index (χ2n) is 3.69. The second-order valence-corrected chi connectivity index (χ2v) is 4.42. The van der Waals surface area contributed by atoms with E-state index in [9.17, 15) is 13.6 Å². The molecule has 5 nitrogen and oxygen atoms in total. The minimum Gasteiger partial charge on any atom is -0.435 e. The fourth-order valence-electron chi connectivity index (χ4n) is 1.43. The molecule has 0 atom stereocenters. The number of carbonyl (C=O) groups excluding carboxylic acids is 1. The number of carbonyl (C=O) groups is 1. The molecule has 0 aliphatic heterocycles. The summed E-state index contributed by atoms with van der Waals surface area (Å²) in [5, 5.41) is 2.36. The highest BCUT2D eigenvalue weighted by molar-refractivity contribution is 6.43. The molecule has 1 aromatic carbocycles. The molecule has 0 aliphatic carbocycles. The molecule has 110 valence electrons. The van der Waals surface area contributed by atoms with Crippen LogP contribution in [-0.4, -0.2) is 22.5 Å². The maximum absolute atomic E-state index is 12.1. The predicted octanol–water partition coefficient (Wildman–Crippen LogP) is 3.64. The summed E-state index contributed by atoms with van der Waals surface area (Å²) in [5.74, 6) is -0.724. The third-order valence-corrected chi connectivity index (χ3v) is 3.04. The van der Waals surface area contributed by atoms with Crippen molar-refractivity contribution in [3.05, 3.63) is 46.3 Å². The summed E-state index contributed by atoms with van der Waals surface area (Å²) in [6.07, 6.45) is 1.13. The van der Waals surface area contributed by atoms with Gasteiger partial charge in [-0.3, -0.25) is 4.79 Å². The van der Waals surface area contributed by atoms with Crippen LogP contribution in [0.15, 0.2) is 30.6 Å². The fourth-order valence-corrected chi connectivity index (χ4v) is 1.71. The van der Waals surface area contributed by atoms with Crippen molar-refractivity contribution in [2.75, 3.05) is 5.32 Å². The Bertz CT molecular complexity index is 671. The van der Waals surface area contributed by atoms with Crippen molar-refractivity contribution >= 4 is 34.9 Å². The van der Waals surface area contributed by atoms with Crippen LogP contribution in [0.3, 0.4) is 0 Å². The van der Waals surface area contributed by atoms with Crippen LogP contribution in [0.25, 0.3) is 0 Å². The number of hydrogen-bond acceptors (Lipinski definition) is 4.